The maximum absolute atomic E-state index is 5.19. The van der Waals surface area contributed by atoms with Crippen LogP contribution in [0.1, 0.15) is 25.7 Å². The highest BCUT2D eigenvalue weighted by atomic mass is 32.1. The number of nitrogens with one attached hydrogen (secondary N) is 2. The molecule has 3 atom stereocenters. The number of fused-ring (bicyclic) bond motifs is 2. The van der Waals surface area contributed by atoms with Gasteiger partial charge in [0.2, 0.25) is 0 Å². The SMILES string of the molecule is NNC(=S)N[C@@H]1C[C@H]2CC[C@@H]1C2. The summed E-state index contributed by atoms with van der Waals surface area (Å²) in [4.78, 5) is 0. The molecule has 0 aliphatic heterocycles. The van der Waals surface area contributed by atoms with Gasteiger partial charge in [0.05, 0.1) is 0 Å². The minimum Gasteiger partial charge on any atom is -0.359 e. The normalized spacial score (nSPS) is 38.2. The number of thiocarbonyl (C=S) groups is 1. The number of nitrogens with two attached hydrogens (primary N) is 1. The lowest BCUT2D eigenvalue weighted by Gasteiger charge is -2.23. The Kier molecular flexibility index (Phi) is 2.19. The second-order valence-corrected chi connectivity index (χ2v) is 4.31. The summed E-state index contributed by atoms with van der Waals surface area (Å²) >= 11 is 4.96. The molecule has 0 amide bonds. The minimum atomic E-state index is 0.590. The van der Waals surface area contributed by atoms with E-state index in [4.69, 9.17) is 18.1 Å². The van der Waals surface area contributed by atoms with E-state index in [2.05, 4.69) is 10.7 Å². The van der Waals surface area contributed by atoms with Gasteiger partial charge in [-0.25, -0.2) is 5.84 Å². The quantitative estimate of drug-likeness (QED) is 0.316. The summed E-state index contributed by atoms with van der Waals surface area (Å²) in [6.07, 6.45) is 5.47. The van der Waals surface area contributed by atoms with Gasteiger partial charge in [0.25, 0.3) is 0 Å². The molecule has 2 fully saturated rings. The van der Waals surface area contributed by atoms with Crippen LogP contribution < -0.4 is 16.6 Å². The van der Waals surface area contributed by atoms with Crippen LogP contribution in [0.4, 0.5) is 0 Å². The number of hydrogen-bond acceptors (Lipinski definition) is 2. The highest BCUT2D eigenvalue weighted by Gasteiger charge is 2.39. The first-order valence-electron chi connectivity index (χ1n) is 4.56. The standard InChI is InChI=1S/C8H15N3S/c9-11-8(12)10-7-4-5-1-2-6(7)3-5/h5-7H,1-4,9H2,(H2,10,11,12)/t5-,6+,7+/m0/s1. The van der Waals surface area contributed by atoms with Crippen molar-refractivity contribution < 1.29 is 0 Å². The van der Waals surface area contributed by atoms with Gasteiger partial charge in [-0.2, -0.15) is 0 Å². The number of hydrazine groups is 1. The second-order valence-electron chi connectivity index (χ2n) is 3.90. The van der Waals surface area contributed by atoms with E-state index in [1.165, 1.54) is 25.7 Å². The third-order valence-electron chi connectivity index (χ3n) is 3.19. The van der Waals surface area contributed by atoms with Gasteiger partial charge < -0.3 is 10.7 Å². The van der Waals surface area contributed by atoms with Gasteiger partial charge in [0.1, 0.15) is 0 Å². The van der Waals surface area contributed by atoms with Crippen molar-refractivity contribution in [2.75, 3.05) is 0 Å². The molecule has 0 unspecified atom stereocenters. The van der Waals surface area contributed by atoms with Crippen molar-refractivity contribution in [2.24, 2.45) is 17.7 Å². The molecular weight excluding hydrogens is 170 g/mol. The molecule has 12 heavy (non-hydrogen) atoms. The zero-order valence-electron chi connectivity index (χ0n) is 7.05. The van der Waals surface area contributed by atoms with Gasteiger partial charge in [-0.05, 0) is 43.3 Å². The van der Waals surface area contributed by atoms with Crippen LogP contribution in [0.15, 0.2) is 0 Å². The van der Waals surface area contributed by atoms with Crippen molar-refractivity contribution in [3.05, 3.63) is 0 Å². The number of hydrogen-bond donors (Lipinski definition) is 3. The van der Waals surface area contributed by atoms with E-state index in [1.54, 1.807) is 0 Å². The Morgan fingerprint density at radius 1 is 1.33 bits per heavy atom. The first-order valence-corrected chi connectivity index (χ1v) is 4.97. The molecule has 0 saturated heterocycles. The topological polar surface area (TPSA) is 50.1 Å². The van der Waals surface area contributed by atoms with E-state index in [1.807, 2.05) is 0 Å². The minimum absolute atomic E-state index is 0.590. The molecular formula is C8H15N3S. The van der Waals surface area contributed by atoms with Crippen molar-refractivity contribution in [3.8, 4) is 0 Å². The molecule has 2 aliphatic carbocycles. The summed E-state index contributed by atoms with van der Waals surface area (Å²) in [7, 11) is 0. The molecule has 2 rings (SSSR count). The fourth-order valence-electron chi connectivity index (χ4n) is 2.63. The Morgan fingerprint density at radius 2 is 2.17 bits per heavy atom. The van der Waals surface area contributed by atoms with Crippen LogP contribution in [0.3, 0.4) is 0 Å². The monoisotopic (exact) mass is 185 g/mol. The molecule has 4 N–H and O–H groups in total. The van der Waals surface area contributed by atoms with Crippen molar-refractivity contribution in [1.29, 1.82) is 0 Å². The average molecular weight is 185 g/mol. The van der Waals surface area contributed by atoms with Crippen molar-refractivity contribution in [1.82, 2.24) is 10.7 Å². The zero-order chi connectivity index (χ0) is 8.55. The van der Waals surface area contributed by atoms with Crippen LogP contribution >= 0.6 is 12.2 Å². The van der Waals surface area contributed by atoms with Crippen molar-refractivity contribution >= 4 is 17.3 Å². The van der Waals surface area contributed by atoms with E-state index in [-0.39, 0.29) is 0 Å². The number of rotatable bonds is 1. The van der Waals surface area contributed by atoms with E-state index >= 15 is 0 Å². The van der Waals surface area contributed by atoms with Gasteiger partial charge in [-0.3, -0.25) is 0 Å². The smallest absolute Gasteiger partial charge is 0.180 e. The van der Waals surface area contributed by atoms with Gasteiger partial charge in [0.15, 0.2) is 5.11 Å². The summed E-state index contributed by atoms with van der Waals surface area (Å²) in [5, 5.41) is 3.85. The summed E-state index contributed by atoms with van der Waals surface area (Å²) in [5.74, 6) is 6.99. The molecule has 0 aromatic rings. The van der Waals surface area contributed by atoms with Gasteiger partial charge in [0, 0.05) is 6.04 Å². The zero-order valence-corrected chi connectivity index (χ0v) is 7.86. The van der Waals surface area contributed by atoms with Gasteiger partial charge >= 0.3 is 0 Å². The van der Waals surface area contributed by atoms with Crippen molar-refractivity contribution in [2.45, 2.75) is 31.7 Å². The molecule has 0 spiro atoms. The molecule has 68 valence electrons. The molecule has 2 bridgehead atoms. The lowest BCUT2D eigenvalue weighted by Crippen LogP contribution is -2.46. The lowest BCUT2D eigenvalue weighted by atomic mass is 9.96. The summed E-state index contributed by atoms with van der Waals surface area (Å²) in [5.41, 5.74) is 2.47. The maximum atomic E-state index is 5.19. The van der Waals surface area contributed by atoms with Crippen LogP contribution in [0.2, 0.25) is 0 Å². The average Bonchev–Trinajstić information content (AvgIpc) is 2.64. The first kappa shape index (κ1) is 8.26. The molecule has 0 radical (unpaired) electrons. The molecule has 4 heteroatoms. The summed E-state index contributed by atoms with van der Waals surface area (Å²) in [6, 6.07) is 0.590. The van der Waals surface area contributed by atoms with E-state index < -0.39 is 0 Å². The predicted octanol–water partition coefficient (Wildman–Crippen LogP) is 0.513. The molecule has 2 aliphatic rings. The van der Waals surface area contributed by atoms with E-state index in [0.29, 0.717) is 11.2 Å². The van der Waals surface area contributed by atoms with Crippen LogP contribution in [-0.4, -0.2) is 11.2 Å². The first-order chi connectivity index (χ1) is 5.79. The molecule has 0 heterocycles. The summed E-state index contributed by atoms with van der Waals surface area (Å²) in [6.45, 7) is 0. The van der Waals surface area contributed by atoms with Gasteiger partial charge in [-0.1, -0.05) is 6.42 Å². The fraction of sp³-hybridized carbons (Fsp3) is 0.875. The lowest BCUT2D eigenvalue weighted by molar-refractivity contribution is 0.389. The highest BCUT2D eigenvalue weighted by molar-refractivity contribution is 7.80. The summed E-state index contributed by atoms with van der Waals surface area (Å²) < 4.78 is 0. The van der Waals surface area contributed by atoms with Crippen LogP contribution in [0, 0.1) is 11.8 Å². The third-order valence-corrected chi connectivity index (χ3v) is 3.42. The fourth-order valence-corrected chi connectivity index (χ4v) is 2.78. The Bertz CT molecular complexity index is 195. The van der Waals surface area contributed by atoms with E-state index in [0.717, 1.165) is 11.8 Å². The Balaban J connectivity index is 1.86. The van der Waals surface area contributed by atoms with Crippen LogP contribution in [0.25, 0.3) is 0 Å². The maximum Gasteiger partial charge on any atom is 0.180 e. The van der Waals surface area contributed by atoms with Crippen molar-refractivity contribution in [3.63, 3.8) is 0 Å². The second kappa shape index (κ2) is 3.18. The molecule has 3 nitrogen and oxygen atoms in total. The van der Waals surface area contributed by atoms with E-state index in [9.17, 15) is 0 Å². The third kappa shape index (κ3) is 1.41. The Labute approximate surface area is 78.1 Å². The molecule has 0 aromatic carbocycles. The largest absolute Gasteiger partial charge is 0.359 e. The highest BCUT2D eigenvalue weighted by Crippen LogP contribution is 2.44. The predicted molar refractivity (Wildman–Crippen MR) is 52.3 cm³/mol. The Hall–Kier alpha value is -0.350. The molecule has 2 saturated carbocycles. The Morgan fingerprint density at radius 3 is 2.67 bits per heavy atom. The molecule has 0 aromatic heterocycles. The van der Waals surface area contributed by atoms with Crippen LogP contribution in [-0.2, 0) is 0 Å². The van der Waals surface area contributed by atoms with Crippen LogP contribution in [0.5, 0.6) is 0 Å². The van der Waals surface area contributed by atoms with Gasteiger partial charge in [-0.15, -0.1) is 0 Å².